The summed E-state index contributed by atoms with van der Waals surface area (Å²) < 4.78 is 13.8. The van der Waals surface area contributed by atoms with Crippen LogP contribution in [0.2, 0.25) is 0 Å². The van der Waals surface area contributed by atoms with Crippen molar-refractivity contribution in [3.63, 3.8) is 0 Å². The molecule has 0 unspecified atom stereocenters. The third-order valence-electron chi connectivity index (χ3n) is 3.08. The largest absolute Gasteiger partial charge is 0.327 e. The van der Waals surface area contributed by atoms with Gasteiger partial charge in [-0.05, 0) is 37.2 Å². The van der Waals surface area contributed by atoms with E-state index in [9.17, 15) is 4.39 Å². The standard InChI is InChI=1S/C16H20FN3/c1-3-11-18-12-13-7-6-10-16(19-13)20(2)15-9-5-4-8-14(15)17/h4-10,18H,3,11-12H2,1-2H3. The van der Waals surface area contributed by atoms with E-state index < -0.39 is 0 Å². The Balaban J connectivity index is 2.16. The molecule has 106 valence electrons. The molecule has 0 saturated carbocycles. The van der Waals surface area contributed by atoms with Crippen LogP contribution in [0.25, 0.3) is 0 Å². The lowest BCUT2D eigenvalue weighted by atomic mass is 10.2. The van der Waals surface area contributed by atoms with Crippen molar-refractivity contribution < 1.29 is 4.39 Å². The molecule has 0 aliphatic rings. The van der Waals surface area contributed by atoms with Gasteiger partial charge >= 0.3 is 0 Å². The van der Waals surface area contributed by atoms with E-state index in [0.717, 1.165) is 31.0 Å². The predicted molar refractivity (Wildman–Crippen MR) is 80.7 cm³/mol. The van der Waals surface area contributed by atoms with E-state index in [1.54, 1.807) is 17.0 Å². The molecule has 1 aromatic heterocycles. The minimum Gasteiger partial charge on any atom is -0.327 e. The highest BCUT2D eigenvalue weighted by Gasteiger charge is 2.10. The molecule has 2 aromatic rings. The molecule has 0 amide bonds. The van der Waals surface area contributed by atoms with Crippen LogP contribution < -0.4 is 10.2 Å². The fraction of sp³-hybridized carbons (Fsp3) is 0.312. The summed E-state index contributed by atoms with van der Waals surface area (Å²) >= 11 is 0. The lowest BCUT2D eigenvalue weighted by Crippen LogP contribution is -2.17. The van der Waals surface area contributed by atoms with Crippen LogP contribution in [0.1, 0.15) is 19.0 Å². The number of benzene rings is 1. The molecule has 4 heteroatoms. The first-order valence-corrected chi connectivity index (χ1v) is 6.87. The number of aromatic nitrogens is 1. The van der Waals surface area contributed by atoms with Gasteiger partial charge in [-0.2, -0.15) is 0 Å². The van der Waals surface area contributed by atoms with Crippen LogP contribution in [0.5, 0.6) is 0 Å². The monoisotopic (exact) mass is 273 g/mol. The van der Waals surface area contributed by atoms with Gasteiger partial charge in [0.2, 0.25) is 0 Å². The number of para-hydroxylation sites is 1. The molecule has 0 radical (unpaired) electrons. The minimum atomic E-state index is -0.244. The second-order valence-electron chi connectivity index (χ2n) is 4.67. The summed E-state index contributed by atoms with van der Waals surface area (Å²) in [6, 6.07) is 12.5. The van der Waals surface area contributed by atoms with E-state index in [2.05, 4.69) is 17.2 Å². The van der Waals surface area contributed by atoms with Crippen molar-refractivity contribution >= 4 is 11.5 Å². The number of halogens is 1. The number of nitrogens with zero attached hydrogens (tertiary/aromatic N) is 2. The first-order valence-electron chi connectivity index (χ1n) is 6.87. The summed E-state index contributed by atoms with van der Waals surface area (Å²) in [5.41, 5.74) is 1.48. The second kappa shape index (κ2) is 7.01. The maximum atomic E-state index is 13.8. The SMILES string of the molecule is CCCNCc1cccc(N(C)c2ccccc2F)n1. The van der Waals surface area contributed by atoms with Gasteiger partial charge in [0, 0.05) is 13.6 Å². The van der Waals surface area contributed by atoms with Crippen molar-refractivity contribution in [2.75, 3.05) is 18.5 Å². The van der Waals surface area contributed by atoms with Crippen molar-refractivity contribution in [1.29, 1.82) is 0 Å². The minimum absolute atomic E-state index is 0.244. The van der Waals surface area contributed by atoms with E-state index in [-0.39, 0.29) is 5.82 Å². The molecule has 0 saturated heterocycles. The van der Waals surface area contributed by atoms with Gasteiger partial charge in [0.15, 0.2) is 0 Å². The zero-order valence-corrected chi connectivity index (χ0v) is 11.9. The van der Waals surface area contributed by atoms with Gasteiger partial charge in [-0.25, -0.2) is 9.37 Å². The van der Waals surface area contributed by atoms with Crippen LogP contribution in [0, 0.1) is 5.82 Å². The smallest absolute Gasteiger partial charge is 0.146 e. The Morgan fingerprint density at radius 1 is 1.15 bits per heavy atom. The maximum absolute atomic E-state index is 13.8. The molecule has 1 heterocycles. The van der Waals surface area contributed by atoms with E-state index in [1.165, 1.54) is 6.07 Å². The van der Waals surface area contributed by atoms with Crippen molar-refractivity contribution in [3.8, 4) is 0 Å². The summed E-state index contributed by atoms with van der Waals surface area (Å²) in [7, 11) is 1.82. The normalized spacial score (nSPS) is 10.6. The Labute approximate surface area is 119 Å². The number of rotatable bonds is 6. The molecule has 20 heavy (non-hydrogen) atoms. The molecule has 0 bridgehead atoms. The number of nitrogens with one attached hydrogen (secondary N) is 1. The van der Waals surface area contributed by atoms with Crippen molar-refractivity contribution in [3.05, 3.63) is 54.0 Å². The molecule has 0 fully saturated rings. The molecule has 0 aliphatic carbocycles. The quantitative estimate of drug-likeness (QED) is 0.817. The Kier molecular flexibility index (Phi) is 5.07. The zero-order chi connectivity index (χ0) is 14.4. The number of anilines is 2. The Morgan fingerprint density at radius 2 is 1.95 bits per heavy atom. The van der Waals surface area contributed by atoms with Crippen LogP contribution in [0.3, 0.4) is 0 Å². The molecule has 1 aromatic carbocycles. The van der Waals surface area contributed by atoms with E-state index in [0.29, 0.717) is 5.69 Å². The highest BCUT2D eigenvalue weighted by atomic mass is 19.1. The van der Waals surface area contributed by atoms with Crippen LogP contribution in [0.4, 0.5) is 15.9 Å². The van der Waals surface area contributed by atoms with Crippen LogP contribution in [-0.4, -0.2) is 18.6 Å². The predicted octanol–water partition coefficient (Wildman–Crippen LogP) is 3.49. The van der Waals surface area contributed by atoms with Crippen LogP contribution in [-0.2, 0) is 6.54 Å². The van der Waals surface area contributed by atoms with Gasteiger partial charge in [-0.15, -0.1) is 0 Å². The molecular weight excluding hydrogens is 253 g/mol. The first kappa shape index (κ1) is 14.5. The van der Waals surface area contributed by atoms with Crippen molar-refractivity contribution in [1.82, 2.24) is 10.3 Å². The number of pyridine rings is 1. The summed E-state index contributed by atoms with van der Waals surface area (Å²) in [6.07, 6.45) is 1.09. The average Bonchev–Trinajstić information content (AvgIpc) is 2.48. The fourth-order valence-electron chi connectivity index (χ4n) is 1.99. The summed E-state index contributed by atoms with van der Waals surface area (Å²) in [5.74, 6) is 0.497. The topological polar surface area (TPSA) is 28.2 Å². The molecule has 2 rings (SSSR count). The maximum Gasteiger partial charge on any atom is 0.146 e. The molecule has 1 N–H and O–H groups in total. The molecular formula is C16H20FN3. The van der Waals surface area contributed by atoms with Gasteiger partial charge in [-0.1, -0.05) is 25.1 Å². The molecule has 3 nitrogen and oxygen atoms in total. The zero-order valence-electron chi connectivity index (χ0n) is 11.9. The van der Waals surface area contributed by atoms with Crippen molar-refractivity contribution in [2.45, 2.75) is 19.9 Å². The van der Waals surface area contributed by atoms with E-state index in [4.69, 9.17) is 0 Å². The highest BCUT2D eigenvalue weighted by Crippen LogP contribution is 2.24. The molecule has 0 aliphatic heterocycles. The molecule has 0 spiro atoms. The fourth-order valence-corrected chi connectivity index (χ4v) is 1.99. The van der Waals surface area contributed by atoms with Crippen LogP contribution >= 0.6 is 0 Å². The van der Waals surface area contributed by atoms with E-state index in [1.807, 2.05) is 31.3 Å². The van der Waals surface area contributed by atoms with Crippen molar-refractivity contribution in [2.24, 2.45) is 0 Å². The molecule has 0 atom stereocenters. The average molecular weight is 273 g/mol. The first-order chi connectivity index (χ1) is 9.72. The summed E-state index contributed by atoms with van der Waals surface area (Å²) in [4.78, 5) is 6.32. The number of hydrogen-bond donors (Lipinski definition) is 1. The van der Waals surface area contributed by atoms with Gasteiger partial charge in [0.1, 0.15) is 11.6 Å². The summed E-state index contributed by atoms with van der Waals surface area (Å²) in [5, 5.41) is 3.31. The van der Waals surface area contributed by atoms with Gasteiger partial charge < -0.3 is 10.2 Å². The summed E-state index contributed by atoms with van der Waals surface area (Å²) in [6.45, 7) is 3.82. The third kappa shape index (κ3) is 3.54. The van der Waals surface area contributed by atoms with Gasteiger partial charge in [-0.3, -0.25) is 0 Å². The number of hydrogen-bond acceptors (Lipinski definition) is 3. The second-order valence-corrected chi connectivity index (χ2v) is 4.67. The Morgan fingerprint density at radius 3 is 2.70 bits per heavy atom. The van der Waals surface area contributed by atoms with E-state index >= 15 is 0 Å². The van der Waals surface area contributed by atoms with Gasteiger partial charge in [0.05, 0.1) is 11.4 Å². The lowest BCUT2D eigenvalue weighted by Gasteiger charge is -2.19. The Bertz CT molecular complexity index is 557. The lowest BCUT2D eigenvalue weighted by molar-refractivity contribution is 0.627. The third-order valence-corrected chi connectivity index (χ3v) is 3.08. The van der Waals surface area contributed by atoms with Crippen LogP contribution in [0.15, 0.2) is 42.5 Å². The highest BCUT2D eigenvalue weighted by molar-refractivity contribution is 5.59. The Hall–Kier alpha value is -1.94. The van der Waals surface area contributed by atoms with Gasteiger partial charge in [0.25, 0.3) is 0 Å².